The number of aromatic nitrogens is 3. The fourth-order valence-corrected chi connectivity index (χ4v) is 2.81. The number of amides is 1. The van der Waals surface area contributed by atoms with Crippen LogP contribution in [-0.4, -0.2) is 37.2 Å². The number of hydrogen-bond donors (Lipinski definition) is 2. The molecular weight excluding hydrogens is 280 g/mol. The molecule has 1 amide bonds. The summed E-state index contributed by atoms with van der Waals surface area (Å²) in [4.78, 5) is 20.7. The fourth-order valence-electron chi connectivity index (χ4n) is 2.81. The molecule has 0 radical (unpaired) electrons. The van der Waals surface area contributed by atoms with Gasteiger partial charge in [0.15, 0.2) is 0 Å². The van der Waals surface area contributed by atoms with Crippen molar-refractivity contribution >= 4 is 5.91 Å². The highest BCUT2D eigenvalue weighted by Crippen LogP contribution is 2.28. The Hall–Kier alpha value is -2.21. The van der Waals surface area contributed by atoms with Crippen LogP contribution in [0.15, 0.2) is 37.1 Å². The van der Waals surface area contributed by atoms with Crippen molar-refractivity contribution in [3.8, 4) is 5.82 Å². The van der Waals surface area contributed by atoms with Crippen LogP contribution in [0, 0.1) is 0 Å². The van der Waals surface area contributed by atoms with Gasteiger partial charge in [-0.05, 0) is 44.7 Å². The van der Waals surface area contributed by atoms with Crippen LogP contribution in [0.5, 0.6) is 0 Å². The molecule has 116 valence electrons. The second kappa shape index (κ2) is 5.88. The third-order valence-electron chi connectivity index (χ3n) is 4.25. The average Bonchev–Trinajstić information content (AvgIpc) is 3.05. The second-order valence-electron chi connectivity index (χ2n) is 6.12. The van der Waals surface area contributed by atoms with Crippen LogP contribution >= 0.6 is 0 Å². The van der Waals surface area contributed by atoms with Gasteiger partial charge in [-0.15, -0.1) is 0 Å². The Morgan fingerprint density at radius 3 is 2.86 bits per heavy atom. The van der Waals surface area contributed by atoms with E-state index in [0.717, 1.165) is 25.7 Å². The third kappa shape index (κ3) is 3.17. The molecular formula is C16H20N4O2. The summed E-state index contributed by atoms with van der Waals surface area (Å²) in [6.07, 6.45) is 9.53. The van der Waals surface area contributed by atoms with Crippen LogP contribution < -0.4 is 5.32 Å². The predicted octanol–water partition coefficient (Wildman–Crippen LogP) is 1.69. The molecule has 0 aliphatic heterocycles. The molecule has 0 aromatic carbocycles. The summed E-state index contributed by atoms with van der Waals surface area (Å²) in [5.74, 6) is 0.553. The highest BCUT2D eigenvalue weighted by Gasteiger charge is 2.31. The van der Waals surface area contributed by atoms with Crippen LogP contribution in [0.2, 0.25) is 0 Å². The van der Waals surface area contributed by atoms with Gasteiger partial charge in [0.2, 0.25) is 0 Å². The summed E-state index contributed by atoms with van der Waals surface area (Å²) in [6, 6.07) is 3.45. The summed E-state index contributed by atoms with van der Waals surface area (Å²) in [7, 11) is 0. The Kier molecular flexibility index (Phi) is 3.94. The number of carbonyl (C=O) groups excluding carboxylic acids is 1. The lowest BCUT2D eigenvalue weighted by Crippen LogP contribution is -2.49. The van der Waals surface area contributed by atoms with Gasteiger partial charge >= 0.3 is 0 Å². The van der Waals surface area contributed by atoms with Gasteiger partial charge in [-0.2, -0.15) is 0 Å². The SMILES string of the molecule is CC1(NC(=O)c2ccnc(-n3ccnc3)c2)CCC(O)CC1. The lowest BCUT2D eigenvalue weighted by atomic mass is 9.82. The third-order valence-corrected chi connectivity index (χ3v) is 4.25. The van der Waals surface area contributed by atoms with Crippen LogP contribution in [0.3, 0.4) is 0 Å². The summed E-state index contributed by atoms with van der Waals surface area (Å²) >= 11 is 0. The van der Waals surface area contributed by atoms with Gasteiger partial charge in [-0.1, -0.05) is 0 Å². The molecule has 1 saturated carbocycles. The Balaban J connectivity index is 1.74. The van der Waals surface area contributed by atoms with E-state index in [1.807, 2.05) is 6.92 Å². The number of aliphatic hydroxyl groups is 1. The second-order valence-corrected chi connectivity index (χ2v) is 6.12. The minimum absolute atomic E-state index is 0.109. The topological polar surface area (TPSA) is 80.0 Å². The van der Waals surface area contributed by atoms with Crippen molar-refractivity contribution in [1.29, 1.82) is 0 Å². The monoisotopic (exact) mass is 300 g/mol. The molecule has 3 rings (SSSR count). The minimum Gasteiger partial charge on any atom is -0.393 e. The molecule has 22 heavy (non-hydrogen) atoms. The summed E-state index contributed by atoms with van der Waals surface area (Å²) in [5.41, 5.74) is 0.320. The maximum Gasteiger partial charge on any atom is 0.251 e. The first-order valence-electron chi connectivity index (χ1n) is 7.51. The molecule has 6 heteroatoms. The number of nitrogens with zero attached hydrogens (tertiary/aromatic N) is 3. The number of carbonyl (C=O) groups is 1. The quantitative estimate of drug-likeness (QED) is 0.904. The first-order valence-corrected chi connectivity index (χ1v) is 7.51. The van der Waals surface area contributed by atoms with E-state index in [-0.39, 0.29) is 17.6 Å². The van der Waals surface area contributed by atoms with Crippen LogP contribution in [-0.2, 0) is 0 Å². The number of imidazole rings is 1. The molecule has 6 nitrogen and oxygen atoms in total. The fraction of sp³-hybridized carbons (Fsp3) is 0.438. The first kappa shape index (κ1) is 14.7. The molecule has 0 saturated heterocycles. The molecule has 0 spiro atoms. The van der Waals surface area contributed by atoms with Gasteiger partial charge in [-0.3, -0.25) is 9.36 Å². The van der Waals surface area contributed by atoms with Gasteiger partial charge in [0, 0.05) is 29.7 Å². The lowest BCUT2D eigenvalue weighted by molar-refractivity contribution is 0.0725. The van der Waals surface area contributed by atoms with E-state index in [1.165, 1.54) is 0 Å². The Morgan fingerprint density at radius 2 is 2.18 bits per heavy atom. The van der Waals surface area contributed by atoms with Crippen molar-refractivity contribution < 1.29 is 9.90 Å². The molecule has 1 aliphatic rings. The Labute approximate surface area is 129 Å². The van der Waals surface area contributed by atoms with Gasteiger partial charge in [0.1, 0.15) is 12.1 Å². The van der Waals surface area contributed by atoms with Gasteiger partial charge in [0.25, 0.3) is 5.91 Å². The molecule has 2 aromatic heterocycles. The molecule has 0 unspecified atom stereocenters. The van der Waals surface area contributed by atoms with E-state index >= 15 is 0 Å². The average molecular weight is 300 g/mol. The smallest absolute Gasteiger partial charge is 0.251 e. The first-order chi connectivity index (χ1) is 10.6. The molecule has 2 aromatic rings. The number of rotatable bonds is 3. The highest BCUT2D eigenvalue weighted by atomic mass is 16.3. The zero-order valence-electron chi connectivity index (χ0n) is 12.6. The normalized spacial score (nSPS) is 24.9. The van der Waals surface area contributed by atoms with E-state index in [1.54, 1.807) is 41.6 Å². The highest BCUT2D eigenvalue weighted by molar-refractivity contribution is 5.95. The van der Waals surface area contributed by atoms with E-state index in [9.17, 15) is 9.90 Å². The van der Waals surface area contributed by atoms with E-state index in [0.29, 0.717) is 11.4 Å². The minimum atomic E-state index is -0.255. The number of hydrogen-bond acceptors (Lipinski definition) is 4. The zero-order chi connectivity index (χ0) is 15.6. The lowest BCUT2D eigenvalue weighted by Gasteiger charge is -2.36. The van der Waals surface area contributed by atoms with Crippen molar-refractivity contribution in [3.05, 3.63) is 42.6 Å². The summed E-state index contributed by atoms with van der Waals surface area (Å²) in [5, 5.41) is 12.7. The zero-order valence-corrected chi connectivity index (χ0v) is 12.6. The van der Waals surface area contributed by atoms with E-state index < -0.39 is 0 Å². The molecule has 0 bridgehead atoms. The van der Waals surface area contributed by atoms with Crippen molar-refractivity contribution in [2.45, 2.75) is 44.2 Å². The maximum absolute atomic E-state index is 12.5. The Morgan fingerprint density at radius 1 is 1.41 bits per heavy atom. The van der Waals surface area contributed by atoms with Crippen molar-refractivity contribution in [3.63, 3.8) is 0 Å². The predicted molar refractivity (Wildman–Crippen MR) is 81.7 cm³/mol. The molecule has 0 atom stereocenters. The van der Waals surface area contributed by atoms with Gasteiger partial charge < -0.3 is 10.4 Å². The number of pyridine rings is 1. The largest absolute Gasteiger partial charge is 0.393 e. The maximum atomic E-state index is 12.5. The van der Waals surface area contributed by atoms with E-state index in [4.69, 9.17) is 0 Å². The van der Waals surface area contributed by atoms with Crippen molar-refractivity contribution in [1.82, 2.24) is 19.9 Å². The molecule has 2 N–H and O–H groups in total. The van der Waals surface area contributed by atoms with Crippen molar-refractivity contribution in [2.75, 3.05) is 0 Å². The van der Waals surface area contributed by atoms with Gasteiger partial charge in [-0.25, -0.2) is 9.97 Å². The van der Waals surface area contributed by atoms with Gasteiger partial charge in [0.05, 0.1) is 6.10 Å². The van der Waals surface area contributed by atoms with Crippen molar-refractivity contribution in [2.24, 2.45) is 0 Å². The number of aliphatic hydroxyl groups excluding tert-OH is 1. The molecule has 1 aliphatic carbocycles. The number of nitrogens with one attached hydrogen (secondary N) is 1. The molecule has 1 fully saturated rings. The van der Waals surface area contributed by atoms with E-state index in [2.05, 4.69) is 15.3 Å². The summed E-state index contributed by atoms with van der Waals surface area (Å²) in [6.45, 7) is 2.04. The standard InChI is InChI=1S/C16H20N4O2/c1-16(5-2-13(21)3-6-16)19-15(22)12-4-7-18-14(10-12)20-9-8-17-11-20/h4,7-11,13,21H,2-3,5-6H2,1H3,(H,19,22). The van der Waals surface area contributed by atoms with Crippen LogP contribution in [0.1, 0.15) is 43.0 Å². The summed E-state index contributed by atoms with van der Waals surface area (Å²) < 4.78 is 1.76. The van der Waals surface area contributed by atoms with Crippen LogP contribution in [0.25, 0.3) is 5.82 Å². The molecule has 2 heterocycles. The van der Waals surface area contributed by atoms with Crippen LogP contribution in [0.4, 0.5) is 0 Å². The Bertz CT molecular complexity index is 646.